The van der Waals surface area contributed by atoms with Gasteiger partial charge >= 0.3 is 0 Å². The first-order valence-electron chi connectivity index (χ1n) is 12.8. The second kappa shape index (κ2) is 10.9. The number of ether oxygens (including phenoxy) is 3. The molecule has 0 unspecified atom stereocenters. The predicted octanol–water partition coefficient (Wildman–Crippen LogP) is 3.53. The van der Waals surface area contributed by atoms with Crippen LogP contribution in [0, 0.1) is 0 Å². The van der Waals surface area contributed by atoms with Crippen LogP contribution < -0.4 is 14.4 Å². The Morgan fingerprint density at radius 2 is 1.68 bits per heavy atom. The van der Waals surface area contributed by atoms with E-state index < -0.39 is 10.0 Å². The van der Waals surface area contributed by atoms with Crippen LogP contribution in [-0.4, -0.2) is 97.3 Å². The number of hydrogen-bond acceptors (Lipinski definition) is 10. The number of methoxy groups -OCH3 is 2. The minimum Gasteiger partial charge on any atom is -0.495 e. The Bertz CT molecular complexity index is 1710. The highest BCUT2D eigenvalue weighted by Crippen LogP contribution is 2.46. The molecule has 4 aromatic rings. The van der Waals surface area contributed by atoms with Gasteiger partial charge in [-0.3, -0.25) is 4.68 Å². The quantitative estimate of drug-likeness (QED) is 0.303. The molecule has 0 atom stereocenters. The molecule has 2 aliphatic rings. The van der Waals surface area contributed by atoms with E-state index in [1.54, 1.807) is 23.1 Å². The highest BCUT2D eigenvalue weighted by molar-refractivity contribution is 7.88. The lowest BCUT2D eigenvalue weighted by molar-refractivity contribution is 0.122. The van der Waals surface area contributed by atoms with Gasteiger partial charge in [-0.05, 0) is 6.07 Å². The van der Waals surface area contributed by atoms with Crippen LogP contribution in [0.25, 0.3) is 33.5 Å². The van der Waals surface area contributed by atoms with E-state index in [4.69, 9.17) is 47.4 Å². The Balaban J connectivity index is 1.43. The minimum atomic E-state index is -3.21. The molecule has 6 rings (SSSR count). The summed E-state index contributed by atoms with van der Waals surface area (Å²) in [6.45, 7) is 3.13. The highest BCUT2D eigenvalue weighted by Gasteiger charge is 2.35. The Kier molecular flexibility index (Phi) is 7.41. The molecule has 0 bridgehead atoms. The van der Waals surface area contributed by atoms with Crippen molar-refractivity contribution in [3.8, 4) is 34.1 Å². The summed E-state index contributed by atoms with van der Waals surface area (Å²) >= 11 is 13.5. The van der Waals surface area contributed by atoms with Crippen molar-refractivity contribution in [1.29, 1.82) is 0 Å². The maximum absolute atomic E-state index is 11.8. The van der Waals surface area contributed by atoms with Gasteiger partial charge in [0.1, 0.15) is 17.0 Å². The minimum absolute atomic E-state index is 0.0404. The summed E-state index contributed by atoms with van der Waals surface area (Å²) in [6, 6.07) is 3.43. The van der Waals surface area contributed by atoms with Gasteiger partial charge in [0.2, 0.25) is 10.0 Å². The molecule has 2 aliphatic heterocycles. The average Bonchev–Trinajstić information content (AvgIpc) is 3.41. The third-order valence-electron chi connectivity index (χ3n) is 7.22. The largest absolute Gasteiger partial charge is 0.495 e. The smallest absolute Gasteiger partial charge is 0.211 e. The molecule has 2 saturated heterocycles. The van der Waals surface area contributed by atoms with Crippen molar-refractivity contribution >= 4 is 49.9 Å². The molecule has 12 nitrogen and oxygen atoms in total. The Hall–Kier alpha value is -3.23. The normalized spacial score (nSPS) is 16.7. The fraction of sp³-hybridized carbons (Fsp3) is 0.385. The number of nitrogens with zero attached hydrogens (tertiary/aromatic N) is 7. The summed E-state index contributed by atoms with van der Waals surface area (Å²) in [5.74, 6) is 1.94. The van der Waals surface area contributed by atoms with Gasteiger partial charge in [-0.1, -0.05) is 23.2 Å². The van der Waals surface area contributed by atoms with Crippen LogP contribution in [0.3, 0.4) is 0 Å². The lowest BCUT2D eigenvalue weighted by Crippen LogP contribution is -2.50. The highest BCUT2D eigenvalue weighted by atomic mass is 35.5. The van der Waals surface area contributed by atoms with E-state index in [-0.39, 0.29) is 6.04 Å². The first kappa shape index (κ1) is 27.9. The fourth-order valence-electron chi connectivity index (χ4n) is 4.90. The zero-order chi connectivity index (χ0) is 28.9. The maximum atomic E-state index is 11.8. The van der Waals surface area contributed by atoms with Gasteiger partial charge in [-0.2, -0.15) is 9.40 Å². The first-order valence-corrected chi connectivity index (χ1v) is 15.4. The van der Waals surface area contributed by atoms with Crippen LogP contribution in [0.1, 0.15) is 6.04 Å². The number of fused-ring (bicyclic) bond motifs is 1. The molecule has 1 aromatic carbocycles. The van der Waals surface area contributed by atoms with E-state index in [2.05, 4.69) is 15.0 Å². The number of halogens is 2. The number of pyridine rings is 1. The summed E-state index contributed by atoms with van der Waals surface area (Å²) in [4.78, 5) is 16.7. The first-order chi connectivity index (χ1) is 19.7. The molecule has 3 aromatic heterocycles. The second-order valence-corrected chi connectivity index (χ2v) is 12.5. The van der Waals surface area contributed by atoms with E-state index in [1.165, 1.54) is 24.8 Å². The van der Waals surface area contributed by atoms with Crippen LogP contribution in [0.2, 0.25) is 10.0 Å². The summed E-state index contributed by atoms with van der Waals surface area (Å²) in [5, 5.41) is 5.82. The molecule has 41 heavy (non-hydrogen) atoms. The van der Waals surface area contributed by atoms with Crippen LogP contribution in [-0.2, 0) is 14.8 Å². The van der Waals surface area contributed by atoms with Crippen molar-refractivity contribution in [1.82, 2.24) is 29.0 Å². The average molecular weight is 621 g/mol. The topological polar surface area (TPSA) is 125 Å². The van der Waals surface area contributed by atoms with Crippen LogP contribution in [0.4, 0.5) is 5.82 Å². The van der Waals surface area contributed by atoms with Crippen molar-refractivity contribution in [2.75, 3.05) is 64.8 Å². The molecule has 0 radical (unpaired) electrons. The number of anilines is 1. The second-order valence-electron chi connectivity index (χ2n) is 9.79. The SMILES string of the molecule is COc1cc(OC)c(Cl)c(-c2cc3cnc(-c4cnn(C5CN(S(C)(=O)=O)C5)c4)nc3c(N3CCOCC3)n2)c1Cl. The van der Waals surface area contributed by atoms with Gasteiger partial charge in [0.25, 0.3) is 0 Å². The Morgan fingerprint density at radius 3 is 2.32 bits per heavy atom. The van der Waals surface area contributed by atoms with E-state index in [9.17, 15) is 8.42 Å². The molecule has 15 heteroatoms. The molecule has 216 valence electrons. The lowest BCUT2D eigenvalue weighted by atomic mass is 10.1. The molecule has 2 fully saturated rings. The van der Waals surface area contributed by atoms with E-state index in [0.29, 0.717) is 94.9 Å². The number of morpholine rings is 1. The molecule has 0 aliphatic carbocycles. The van der Waals surface area contributed by atoms with Crippen molar-refractivity contribution in [2.24, 2.45) is 0 Å². The summed E-state index contributed by atoms with van der Waals surface area (Å²) in [6.07, 6.45) is 6.46. The number of rotatable bonds is 7. The van der Waals surface area contributed by atoms with E-state index >= 15 is 0 Å². The third kappa shape index (κ3) is 5.17. The lowest BCUT2D eigenvalue weighted by Gasteiger charge is -2.36. The third-order valence-corrected chi connectivity index (χ3v) is 9.21. The number of benzene rings is 1. The van der Waals surface area contributed by atoms with Gasteiger partial charge in [-0.25, -0.2) is 23.4 Å². The molecule has 0 N–H and O–H groups in total. The van der Waals surface area contributed by atoms with Crippen LogP contribution in [0.5, 0.6) is 11.5 Å². The summed E-state index contributed by atoms with van der Waals surface area (Å²) < 4.78 is 43.2. The molecule has 0 spiro atoms. The zero-order valence-electron chi connectivity index (χ0n) is 22.5. The van der Waals surface area contributed by atoms with Crippen molar-refractivity contribution in [3.63, 3.8) is 0 Å². The molecule has 0 amide bonds. The van der Waals surface area contributed by atoms with Crippen molar-refractivity contribution in [3.05, 3.63) is 40.8 Å². The standard InChI is InChI=1S/C26H27Cl2N7O5S/c1-38-19-9-20(39-2)23(28)21(22(19)27)18-8-15-10-29-25(32-24(15)26(31-18)33-4-6-40-7-5-33)16-11-30-35(12-16)17-13-34(14-17)41(3,36)37/h8-12,17H,4-7,13-14H2,1-3H3. The van der Waals surface area contributed by atoms with Gasteiger partial charge in [0, 0.05) is 55.6 Å². The number of aromatic nitrogens is 5. The molecule has 5 heterocycles. The summed E-state index contributed by atoms with van der Waals surface area (Å²) in [5.41, 5.74) is 2.37. The Labute approximate surface area is 246 Å². The van der Waals surface area contributed by atoms with Gasteiger partial charge < -0.3 is 19.1 Å². The Morgan fingerprint density at radius 1 is 1.00 bits per heavy atom. The van der Waals surface area contributed by atoms with E-state index in [1.807, 2.05) is 12.3 Å². The number of sulfonamides is 1. The maximum Gasteiger partial charge on any atom is 0.211 e. The van der Waals surface area contributed by atoms with Gasteiger partial charge in [-0.15, -0.1) is 0 Å². The summed E-state index contributed by atoms with van der Waals surface area (Å²) in [7, 11) is -0.166. The van der Waals surface area contributed by atoms with Gasteiger partial charge in [0.15, 0.2) is 11.6 Å². The molecular weight excluding hydrogens is 593 g/mol. The van der Waals surface area contributed by atoms with Gasteiger partial charge in [0.05, 0.1) is 67.2 Å². The van der Waals surface area contributed by atoms with Crippen LogP contribution in [0.15, 0.2) is 30.7 Å². The molecular formula is C26H27Cl2N7O5S. The molecule has 0 saturated carbocycles. The van der Waals surface area contributed by atoms with E-state index in [0.717, 1.165) is 5.39 Å². The van der Waals surface area contributed by atoms with Crippen molar-refractivity contribution < 1.29 is 22.6 Å². The fourth-order valence-corrected chi connectivity index (χ4v) is 6.48. The number of hydrogen-bond donors (Lipinski definition) is 0. The monoisotopic (exact) mass is 619 g/mol. The van der Waals surface area contributed by atoms with Crippen molar-refractivity contribution in [2.45, 2.75) is 6.04 Å². The predicted molar refractivity (Wildman–Crippen MR) is 156 cm³/mol. The zero-order valence-corrected chi connectivity index (χ0v) is 24.9. The van der Waals surface area contributed by atoms with Crippen LogP contribution >= 0.6 is 23.2 Å².